The minimum absolute atomic E-state index is 0.708. The molecule has 0 amide bonds. The molecule has 5 heteroatoms. The van der Waals surface area contributed by atoms with Crippen LogP contribution >= 0.6 is 0 Å². The van der Waals surface area contributed by atoms with Gasteiger partial charge < -0.3 is 19.0 Å². The van der Waals surface area contributed by atoms with Crippen molar-refractivity contribution in [2.75, 3.05) is 27.1 Å². The molecule has 0 radical (unpaired) electrons. The van der Waals surface area contributed by atoms with E-state index in [1.165, 1.54) is 0 Å². The van der Waals surface area contributed by atoms with Crippen LogP contribution in [0.4, 0.5) is 5.69 Å². The van der Waals surface area contributed by atoms with Crippen LogP contribution in [0.1, 0.15) is 0 Å². The van der Waals surface area contributed by atoms with Crippen molar-refractivity contribution in [1.29, 1.82) is 0 Å². The molecule has 0 fully saturated rings. The van der Waals surface area contributed by atoms with Crippen molar-refractivity contribution in [1.82, 2.24) is 0 Å². The summed E-state index contributed by atoms with van der Waals surface area (Å²) in [6.07, 6.45) is 0. The number of nitrogens with two attached hydrogens (primary N) is 1. The van der Waals surface area contributed by atoms with Crippen LogP contribution in [0.3, 0.4) is 0 Å². The Kier molecular flexibility index (Phi) is 3.65. The first-order valence-electron chi connectivity index (χ1n) is 4.20. The molecule has 1 rings (SSSR count). The van der Waals surface area contributed by atoms with Gasteiger partial charge in [0, 0.05) is 32.2 Å². The highest BCUT2D eigenvalue weighted by Crippen LogP contribution is 2.08. The van der Waals surface area contributed by atoms with Gasteiger partial charge >= 0.3 is 8.80 Å². The molecule has 0 heterocycles. The lowest BCUT2D eigenvalue weighted by molar-refractivity contribution is 0.140. The van der Waals surface area contributed by atoms with Crippen LogP contribution in [0.15, 0.2) is 24.3 Å². The fourth-order valence-corrected chi connectivity index (χ4v) is 3.07. The monoisotopic (exact) mass is 213 g/mol. The summed E-state index contributed by atoms with van der Waals surface area (Å²) in [5, 5.41) is 0.902. The molecule has 0 aliphatic heterocycles. The van der Waals surface area contributed by atoms with Crippen molar-refractivity contribution >= 4 is 19.7 Å². The molecule has 1 aromatic rings. The third-order valence-electron chi connectivity index (χ3n) is 2.07. The highest BCUT2D eigenvalue weighted by molar-refractivity contribution is 6.75. The zero-order valence-electron chi connectivity index (χ0n) is 8.61. The normalized spacial score (nSPS) is 11.6. The van der Waals surface area contributed by atoms with Crippen LogP contribution in [0.25, 0.3) is 0 Å². The summed E-state index contributed by atoms with van der Waals surface area (Å²) in [6.45, 7) is 0. The molecule has 0 bridgehead atoms. The lowest BCUT2D eigenvalue weighted by Gasteiger charge is -2.24. The Hall–Kier alpha value is -0.883. The first-order chi connectivity index (χ1) is 6.68. The second-order valence-electron chi connectivity index (χ2n) is 2.79. The third-order valence-corrected chi connectivity index (χ3v) is 4.72. The Bertz CT molecular complexity index is 276. The van der Waals surface area contributed by atoms with Crippen molar-refractivity contribution in [3.63, 3.8) is 0 Å². The lowest BCUT2D eigenvalue weighted by atomic mass is 10.3. The fraction of sp³-hybridized carbons (Fsp3) is 0.333. The highest BCUT2D eigenvalue weighted by Gasteiger charge is 2.40. The number of nitrogen functional groups attached to an aromatic ring is 1. The molecule has 0 unspecified atom stereocenters. The van der Waals surface area contributed by atoms with Crippen molar-refractivity contribution in [3.05, 3.63) is 24.3 Å². The summed E-state index contributed by atoms with van der Waals surface area (Å²) in [5.74, 6) is 0. The number of anilines is 1. The third kappa shape index (κ3) is 1.96. The van der Waals surface area contributed by atoms with Gasteiger partial charge in [0.1, 0.15) is 0 Å². The summed E-state index contributed by atoms with van der Waals surface area (Å²) in [7, 11) is 2.06. The molecule has 0 atom stereocenters. The van der Waals surface area contributed by atoms with Crippen LogP contribution in [-0.4, -0.2) is 30.1 Å². The summed E-state index contributed by atoms with van der Waals surface area (Å²) in [6, 6.07) is 7.32. The maximum absolute atomic E-state index is 5.59. The predicted molar refractivity (Wildman–Crippen MR) is 57.3 cm³/mol. The Morgan fingerprint density at radius 1 is 0.929 bits per heavy atom. The average molecular weight is 213 g/mol. The number of benzene rings is 1. The van der Waals surface area contributed by atoms with E-state index in [0.717, 1.165) is 5.19 Å². The molecule has 0 spiro atoms. The molecule has 1 aromatic carbocycles. The summed E-state index contributed by atoms with van der Waals surface area (Å²) < 4.78 is 15.9. The van der Waals surface area contributed by atoms with Gasteiger partial charge in [-0.2, -0.15) is 0 Å². The van der Waals surface area contributed by atoms with Gasteiger partial charge in [-0.3, -0.25) is 0 Å². The van der Waals surface area contributed by atoms with E-state index >= 15 is 0 Å². The molecule has 0 aliphatic carbocycles. The molecule has 0 aliphatic rings. The topological polar surface area (TPSA) is 53.7 Å². The highest BCUT2D eigenvalue weighted by atomic mass is 28.4. The summed E-state index contributed by atoms with van der Waals surface area (Å²) >= 11 is 0. The van der Waals surface area contributed by atoms with Crippen molar-refractivity contribution in [2.24, 2.45) is 0 Å². The first-order valence-corrected chi connectivity index (χ1v) is 5.92. The maximum Gasteiger partial charge on any atom is 0.536 e. The van der Waals surface area contributed by atoms with Gasteiger partial charge in [0.05, 0.1) is 0 Å². The van der Waals surface area contributed by atoms with E-state index in [1.54, 1.807) is 33.5 Å². The maximum atomic E-state index is 5.59. The van der Waals surface area contributed by atoms with Crippen LogP contribution in [0.5, 0.6) is 0 Å². The summed E-state index contributed by atoms with van der Waals surface area (Å²) in [5.41, 5.74) is 6.30. The van der Waals surface area contributed by atoms with Crippen molar-refractivity contribution in [3.8, 4) is 0 Å². The Morgan fingerprint density at radius 2 is 1.36 bits per heavy atom. The van der Waals surface area contributed by atoms with Gasteiger partial charge in [-0.25, -0.2) is 0 Å². The smallest absolute Gasteiger partial charge is 0.399 e. The van der Waals surface area contributed by atoms with E-state index in [0.29, 0.717) is 5.69 Å². The zero-order chi connectivity index (χ0) is 10.6. The van der Waals surface area contributed by atoms with E-state index < -0.39 is 8.80 Å². The van der Waals surface area contributed by atoms with Crippen molar-refractivity contribution in [2.45, 2.75) is 0 Å². The van der Waals surface area contributed by atoms with Crippen LogP contribution < -0.4 is 10.9 Å². The lowest BCUT2D eigenvalue weighted by Crippen LogP contribution is -2.54. The standard InChI is InChI=1S/C9H15NO3Si/c1-11-14(12-2,13-3)9-6-4-8(10)5-7-9/h4-7H,10H2,1-3H3. The molecule has 4 nitrogen and oxygen atoms in total. The van der Waals surface area contributed by atoms with Gasteiger partial charge in [-0.15, -0.1) is 0 Å². The van der Waals surface area contributed by atoms with E-state index in [-0.39, 0.29) is 0 Å². The minimum Gasteiger partial charge on any atom is -0.399 e. The Morgan fingerprint density at radius 3 is 1.71 bits per heavy atom. The fourth-order valence-electron chi connectivity index (χ4n) is 1.29. The second-order valence-corrected chi connectivity index (χ2v) is 5.71. The molecule has 78 valence electrons. The van der Waals surface area contributed by atoms with Gasteiger partial charge in [-0.1, -0.05) is 12.1 Å². The average Bonchev–Trinajstić information content (AvgIpc) is 2.24. The van der Waals surface area contributed by atoms with Crippen LogP contribution in [0.2, 0.25) is 0 Å². The van der Waals surface area contributed by atoms with Gasteiger partial charge in [0.2, 0.25) is 0 Å². The number of hydrogen-bond acceptors (Lipinski definition) is 4. The van der Waals surface area contributed by atoms with Gasteiger partial charge in [-0.05, 0) is 12.1 Å². The number of rotatable bonds is 4. The van der Waals surface area contributed by atoms with E-state index in [4.69, 9.17) is 19.0 Å². The van der Waals surface area contributed by atoms with E-state index in [1.807, 2.05) is 12.1 Å². The first kappa shape index (κ1) is 11.2. The molecule has 14 heavy (non-hydrogen) atoms. The molecular weight excluding hydrogens is 198 g/mol. The predicted octanol–water partition coefficient (Wildman–Crippen LogP) is 0.354. The molecule has 0 saturated carbocycles. The number of hydrogen-bond donors (Lipinski definition) is 1. The Balaban J connectivity index is 3.05. The van der Waals surface area contributed by atoms with Gasteiger partial charge in [0.25, 0.3) is 0 Å². The quantitative estimate of drug-likeness (QED) is 0.579. The van der Waals surface area contributed by atoms with Crippen molar-refractivity contribution < 1.29 is 13.3 Å². The second kappa shape index (κ2) is 4.56. The minimum atomic E-state index is -2.67. The Labute approximate surface area is 85.0 Å². The molecule has 2 N–H and O–H groups in total. The molecular formula is C9H15NO3Si. The van der Waals surface area contributed by atoms with E-state index in [2.05, 4.69) is 0 Å². The SMILES string of the molecule is CO[Si](OC)(OC)c1ccc(N)cc1. The summed E-state index contributed by atoms with van der Waals surface area (Å²) in [4.78, 5) is 0. The zero-order valence-corrected chi connectivity index (χ0v) is 9.61. The van der Waals surface area contributed by atoms with Crippen LogP contribution in [-0.2, 0) is 13.3 Å². The largest absolute Gasteiger partial charge is 0.536 e. The van der Waals surface area contributed by atoms with E-state index in [9.17, 15) is 0 Å². The molecule has 0 saturated heterocycles. The van der Waals surface area contributed by atoms with Gasteiger partial charge in [0.15, 0.2) is 0 Å². The molecule has 0 aromatic heterocycles. The van der Waals surface area contributed by atoms with Crippen LogP contribution in [0, 0.1) is 0 Å².